The molecule has 0 aromatic heterocycles. The van der Waals surface area contributed by atoms with Crippen LogP contribution in [0.15, 0.2) is 12.1 Å². The van der Waals surface area contributed by atoms with E-state index in [1.165, 1.54) is 0 Å². The lowest BCUT2D eigenvalue weighted by Gasteiger charge is -2.13. The third-order valence-electron chi connectivity index (χ3n) is 2.75. The number of amides is 1. The number of rotatable bonds is 6. The summed E-state index contributed by atoms with van der Waals surface area (Å²) >= 11 is 0. The Kier molecular flexibility index (Phi) is 6.21. The molecule has 0 aliphatic carbocycles. The van der Waals surface area contributed by atoms with Crippen LogP contribution < -0.4 is 10.1 Å². The molecule has 0 atom stereocenters. The molecule has 0 fully saturated rings. The highest BCUT2D eigenvalue weighted by atomic mass is 16.6. The second-order valence-electron chi connectivity index (χ2n) is 5.40. The fourth-order valence-corrected chi connectivity index (χ4v) is 2.08. The van der Waals surface area contributed by atoms with Gasteiger partial charge in [0.2, 0.25) is 0 Å². The number of nitrogens with one attached hydrogen (secondary N) is 1. The van der Waals surface area contributed by atoms with Crippen LogP contribution in [0.5, 0.6) is 5.75 Å². The highest BCUT2D eigenvalue weighted by Gasteiger charge is 2.11. The van der Waals surface area contributed by atoms with Crippen LogP contribution in [0.4, 0.5) is 0 Å². The number of carbonyl (C=O) groups excluding carboxylic acids is 2. The Morgan fingerprint density at radius 2 is 1.67 bits per heavy atom. The molecule has 1 amide bonds. The van der Waals surface area contributed by atoms with E-state index < -0.39 is 5.97 Å². The third-order valence-corrected chi connectivity index (χ3v) is 2.75. The van der Waals surface area contributed by atoms with Gasteiger partial charge < -0.3 is 14.8 Å². The highest BCUT2D eigenvalue weighted by Crippen LogP contribution is 2.24. The molecular weight excluding hydrogens is 270 g/mol. The summed E-state index contributed by atoms with van der Waals surface area (Å²) in [6, 6.07) is 4.00. The van der Waals surface area contributed by atoms with Crippen molar-refractivity contribution in [2.24, 2.45) is 0 Å². The number of benzene rings is 1. The Morgan fingerprint density at radius 1 is 1.10 bits per heavy atom. The summed E-state index contributed by atoms with van der Waals surface area (Å²) in [6.45, 7) is 9.04. The van der Waals surface area contributed by atoms with Crippen molar-refractivity contribution in [1.29, 1.82) is 0 Å². The summed E-state index contributed by atoms with van der Waals surface area (Å²) < 4.78 is 10.3. The molecular formula is C16H23NO4. The summed E-state index contributed by atoms with van der Waals surface area (Å²) in [5, 5.41) is 2.64. The Bertz CT molecular complexity index is 500. The quantitative estimate of drug-likeness (QED) is 0.815. The molecule has 0 heterocycles. The van der Waals surface area contributed by atoms with Gasteiger partial charge in [-0.05, 0) is 45.7 Å². The van der Waals surface area contributed by atoms with Gasteiger partial charge in [-0.15, -0.1) is 0 Å². The van der Waals surface area contributed by atoms with Crippen LogP contribution in [0.3, 0.4) is 0 Å². The maximum Gasteiger partial charge on any atom is 0.344 e. The van der Waals surface area contributed by atoms with Crippen molar-refractivity contribution in [3.8, 4) is 5.75 Å². The van der Waals surface area contributed by atoms with Crippen molar-refractivity contribution in [2.75, 3.05) is 13.2 Å². The third kappa shape index (κ3) is 5.85. The second kappa shape index (κ2) is 7.67. The molecule has 1 rings (SSSR count). The first-order valence-corrected chi connectivity index (χ1v) is 6.95. The van der Waals surface area contributed by atoms with Gasteiger partial charge in [0.15, 0.2) is 13.2 Å². The molecule has 0 bridgehead atoms. The minimum absolute atomic E-state index is 0.0188. The molecule has 1 aromatic carbocycles. The van der Waals surface area contributed by atoms with Crippen LogP contribution in [0.1, 0.15) is 30.5 Å². The second-order valence-corrected chi connectivity index (χ2v) is 5.40. The normalized spacial score (nSPS) is 10.4. The van der Waals surface area contributed by atoms with Crippen molar-refractivity contribution in [2.45, 2.75) is 40.7 Å². The van der Waals surface area contributed by atoms with Crippen LogP contribution in [0.2, 0.25) is 0 Å². The van der Waals surface area contributed by atoms with E-state index in [2.05, 4.69) is 5.32 Å². The van der Waals surface area contributed by atoms with Crippen LogP contribution in [-0.2, 0) is 14.3 Å². The minimum Gasteiger partial charge on any atom is -0.481 e. The Balaban J connectivity index is 2.45. The number of aryl methyl sites for hydroxylation is 3. The number of ether oxygens (including phenoxy) is 2. The first-order valence-electron chi connectivity index (χ1n) is 6.95. The fourth-order valence-electron chi connectivity index (χ4n) is 2.08. The van der Waals surface area contributed by atoms with Crippen molar-refractivity contribution in [1.82, 2.24) is 5.32 Å². The SMILES string of the molecule is Cc1cc(C)c(OCC(=O)OCC(=O)NC(C)C)c(C)c1. The van der Waals surface area contributed by atoms with Crippen molar-refractivity contribution in [3.63, 3.8) is 0 Å². The van der Waals surface area contributed by atoms with Crippen molar-refractivity contribution in [3.05, 3.63) is 28.8 Å². The zero-order chi connectivity index (χ0) is 16.0. The van der Waals surface area contributed by atoms with Gasteiger partial charge in [0.05, 0.1) is 0 Å². The predicted molar refractivity (Wildman–Crippen MR) is 80.4 cm³/mol. The fraction of sp³-hybridized carbons (Fsp3) is 0.500. The molecule has 1 aromatic rings. The van der Waals surface area contributed by atoms with Gasteiger partial charge in [0.25, 0.3) is 5.91 Å². The maximum absolute atomic E-state index is 11.6. The van der Waals surface area contributed by atoms with Crippen molar-refractivity contribution < 1.29 is 19.1 Å². The van der Waals surface area contributed by atoms with Gasteiger partial charge in [-0.3, -0.25) is 4.79 Å². The number of esters is 1. The van der Waals surface area contributed by atoms with E-state index in [0.29, 0.717) is 5.75 Å². The van der Waals surface area contributed by atoms with Gasteiger partial charge in [-0.25, -0.2) is 4.79 Å². The van der Waals surface area contributed by atoms with E-state index in [0.717, 1.165) is 16.7 Å². The van der Waals surface area contributed by atoms with Crippen LogP contribution >= 0.6 is 0 Å². The standard InChI is InChI=1S/C16H23NO4/c1-10(2)17-14(18)8-20-15(19)9-21-16-12(4)6-11(3)7-13(16)5/h6-7,10H,8-9H2,1-5H3,(H,17,18). The minimum atomic E-state index is -0.562. The number of hydrogen-bond acceptors (Lipinski definition) is 4. The van der Waals surface area contributed by atoms with Gasteiger partial charge in [0.1, 0.15) is 5.75 Å². The predicted octanol–water partition coefficient (Wildman–Crippen LogP) is 2.06. The summed E-state index contributed by atoms with van der Waals surface area (Å²) in [4.78, 5) is 22.9. The summed E-state index contributed by atoms with van der Waals surface area (Å²) in [5.74, 6) is -0.196. The topological polar surface area (TPSA) is 64.6 Å². The maximum atomic E-state index is 11.6. The largest absolute Gasteiger partial charge is 0.481 e. The van der Waals surface area contributed by atoms with E-state index in [-0.39, 0.29) is 25.2 Å². The lowest BCUT2D eigenvalue weighted by Crippen LogP contribution is -2.34. The molecule has 21 heavy (non-hydrogen) atoms. The Labute approximate surface area is 125 Å². The molecule has 5 heteroatoms. The lowest BCUT2D eigenvalue weighted by molar-refractivity contribution is -0.150. The van der Waals surface area contributed by atoms with Crippen LogP contribution in [0, 0.1) is 20.8 Å². The monoisotopic (exact) mass is 293 g/mol. The van der Waals surface area contributed by atoms with E-state index in [9.17, 15) is 9.59 Å². The molecule has 0 saturated heterocycles. The van der Waals surface area contributed by atoms with Crippen molar-refractivity contribution >= 4 is 11.9 Å². The van der Waals surface area contributed by atoms with Crippen LogP contribution in [0.25, 0.3) is 0 Å². The molecule has 0 aliphatic rings. The van der Waals surface area contributed by atoms with E-state index in [1.807, 2.05) is 46.8 Å². The average molecular weight is 293 g/mol. The average Bonchev–Trinajstić information content (AvgIpc) is 2.34. The summed E-state index contributed by atoms with van der Waals surface area (Å²) in [5.41, 5.74) is 3.08. The first-order chi connectivity index (χ1) is 9.79. The van der Waals surface area contributed by atoms with E-state index in [1.54, 1.807) is 0 Å². The molecule has 0 radical (unpaired) electrons. The van der Waals surface area contributed by atoms with Gasteiger partial charge in [-0.1, -0.05) is 17.7 Å². The first kappa shape index (κ1) is 17.0. The summed E-state index contributed by atoms with van der Waals surface area (Å²) in [7, 11) is 0. The Morgan fingerprint density at radius 3 is 2.19 bits per heavy atom. The number of carbonyl (C=O) groups is 2. The highest BCUT2D eigenvalue weighted by molar-refractivity contribution is 5.81. The molecule has 1 N–H and O–H groups in total. The van der Waals surface area contributed by atoms with Gasteiger partial charge in [0, 0.05) is 6.04 Å². The molecule has 0 unspecified atom stereocenters. The molecule has 0 spiro atoms. The Hall–Kier alpha value is -2.04. The van der Waals surface area contributed by atoms with E-state index >= 15 is 0 Å². The molecule has 5 nitrogen and oxygen atoms in total. The van der Waals surface area contributed by atoms with Crippen LogP contribution in [-0.4, -0.2) is 31.1 Å². The molecule has 116 valence electrons. The summed E-state index contributed by atoms with van der Waals surface area (Å²) in [6.07, 6.45) is 0. The zero-order valence-electron chi connectivity index (χ0n) is 13.3. The number of hydrogen-bond donors (Lipinski definition) is 1. The smallest absolute Gasteiger partial charge is 0.344 e. The van der Waals surface area contributed by atoms with E-state index in [4.69, 9.17) is 9.47 Å². The lowest BCUT2D eigenvalue weighted by atomic mass is 10.1. The van der Waals surface area contributed by atoms with Gasteiger partial charge in [-0.2, -0.15) is 0 Å². The zero-order valence-corrected chi connectivity index (χ0v) is 13.3. The van der Waals surface area contributed by atoms with Gasteiger partial charge >= 0.3 is 5.97 Å². The molecule has 0 aliphatic heterocycles. The molecule has 0 saturated carbocycles.